The molecule has 0 aromatic carbocycles. The van der Waals surface area contributed by atoms with Gasteiger partial charge in [-0.1, -0.05) is 13.8 Å². The number of carbonyl (C=O) groups is 2. The Balaban J connectivity index is 3.92. The normalized spacial score (nSPS) is 11.2. The van der Waals surface area contributed by atoms with E-state index >= 15 is 0 Å². The fraction of sp³-hybridized carbons (Fsp3) is 0.778. The topological polar surface area (TPSA) is 52.6 Å². The second kappa shape index (κ2) is 4.25. The van der Waals surface area contributed by atoms with Crippen molar-refractivity contribution >= 4 is 11.9 Å². The molecule has 0 radical (unpaired) electrons. The largest absolute Gasteiger partial charge is 0.360 e. The summed E-state index contributed by atoms with van der Waals surface area (Å²) in [6.45, 7) is 8.36. The van der Waals surface area contributed by atoms with Gasteiger partial charge in [-0.15, -0.1) is 0 Å². The van der Waals surface area contributed by atoms with Crippen LogP contribution in [0.1, 0.15) is 34.6 Å². The molecule has 0 N–H and O–H groups in total. The van der Waals surface area contributed by atoms with Crippen LogP contribution in [-0.2, 0) is 19.4 Å². The van der Waals surface area contributed by atoms with Crippen LogP contribution in [-0.4, -0.2) is 11.9 Å². The first-order valence-electron chi connectivity index (χ1n) is 4.18. The zero-order chi connectivity index (χ0) is 10.6. The predicted molar refractivity (Wildman–Crippen MR) is 46.5 cm³/mol. The van der Waals surface area contributed by atoms with Crippen molar-refractivity contribution in [1.29, 1.82) is 0 Å². The highest BCUT2D eigenvalue weighted by atomic mass is 17.2. The molecule has 0 fully saturated rings. The van der Waals surface area contributed by atoms with Crippen molar-refractivity contribution in [2.24, 2.45) is 11.3 Å². The summed E-state index contributed by atoms with van der Waals surface area (Å²) in [4.78, 5) is 30.6. The molecule has 0 spiro atoms. The average Bonchev–Trinajstić information content (AvgIpc) is 1.97. The Morgan fingerprint density at radius 3 is 1.85 bits per heavy atom. The lowest BCUT2D eigenvalue weighted by Crippen LogP contribution is -2.25. The van der Waals surface area contributed by atoms with E-state index in [1.54, 1.807) is 34.6 Å². The van der Waals surface area contributed by atoms with Gasteiger partial charge < -0.3 is 0 Å². The molecule has 0 aliphatic heterocycles. The third-order valence-electron chi connectivity index (χ3n) is 1.28. The van der Waals surface area contributed by atoms with E-state index in [1.165, 1.54) is 0 Å². The molecule has 0 bridgehead atoms. The summed E-state index contributed by atoms with van der Waals surface area (Å²) < 4.78 is 0. The van der Waals surface area contributed by atoms with Crippen molar-refractivity contribution in [2.75, 3.05) is 0 Å². The summed E-state index contributed by atoms with van der Waals surface area (Å²) in [7, 11) is 0. The van der Waals surface area contributed by atoms with Gasteiger partial charge >= 0.3 is 11.9 Å². The van der Waals surface area contributed by atoms with E-state index in [0.717, 1.165) is 0 Å². The van der Waals surface area contributed by atoms with Crippen molar-refractivity contribution < 1.29 is 19.4 Å². The number of rotatable bonds is 1. The van der Waals surface area contributed by atoms with Gasteiger partial charge in [0.25, 0.3) is 0 Å². The van der Waals surface area contributed by atoms with Gasteiger partial charge in [0.1, 0.15) is 0 Å². The lowest BCUT2D eigenvalue weighted by Gasteiger charge is -2.14. The molecular formula is C9H16O4. The second-order valence-corrected chi connectivity index (χ2v) is 4.18. The van der Waals surface area contributed by atoms with Crippen LogP contribution in [0, 0.1) is 11.3 Å². The van der Waals surface area contributed by atoms with Crippen LogP contribution in [0.5, 0.6) is 0 Å². The van der Waals surface area contributed by atoms with Gasteiger partial charge in [0.15, 0.2) is 0 Å². The maximum absolute atomic E-state index is 11.1. The first-order valence-corrected chi connectivity index (χ1v) is 4.18. The maximum atomic E-state index is 11.1. The Morgan fingerprint density at radius 1 is 1.08 bits per heavy atom. The highest BCUT2D eigenvalue weighted by molar-refractivity contribution is 5.77. The highest BCUT2D eigenvalue weighted by Crippen LogP contribution is 2.15. The third-order valence-corrected chi connectivity index (χ3v) is 1.28. The molecule has 0 atom stereocenters. The van der Waals surface area contributed by atoms with E-state index in [1.807, 2.05) is 0 Å². The molecule has 0 aliphatic carbocycles. The summed E-state index contributed by atoms with van der Waals surface area (Å²) in [5.41, 5.74) is -0.655. The standard InChI is InChI=1S/C9H16O4/c1-6(2)7(10)12-13-8(11)9(3,4)5/h6H,1-5H3. The molecule has 0 saturated carbocycles. The number of hydrogen-bond acceptors (Lipinski definition) is 4. The maximum Gasteiger partial charge on any atom is 0.360 e. The number of carbonyl (C=O) groups excluding carboxylic acids is 2. The van der Waals surface area contributed by atoms with Gasteiger partial charge in [-0.05, 0) is 20.8 Å². The second-order valence-electron chi connectivity index (χ2n) is 4.18. The highest BCUT2D eigenvalue weighted by Gasteiger charge is 2.26. The van der Waals surface area contributed by atoms with Crippen LogP contribution in [0.3, 0.4) is 0 Å². The summed E-state index contributed by atoms with van der Waals surface area (Å²) in [5.74, 6) is -1.40. The van der Waals surface area contributed by atoms with Gasteiger partial charge in [0, 0.05) is 0 Å². The van der Waals surface area contributed by atoms with Crippen LogP contribution in [0.25, 0.3) is 0 Å². The van der Waals surface area contributed by atoms with Gasteiger partial charge in [0.2, 0.25) is 0 Å². The third kappa shape index (κ3) is 4.50. The quantitative estimate of drug-likeness (QED) is 0.464. The van der Waals surface area contributed by atoms with E-state index in [9.17, 15) is 9.59 Å². The Morgan fingerprint density at radius 2 is 1.54 bits per heavy atom. The zero-order valence-corrected chi connectivity index (χ0v) is 8.71. The van der Waals surface area contributed by atoms with Gasteiger partial charge in [-0.2, -0.15) is 0 Å². The van der Waals surface area contributed by atoms with Crippen LogP contribution in [0.15, 0.2) is 0 Å². The molecule has 0 aromatic heterocycles. The monoisotopic (exact) mass is 188 g/mol. The molecule has 0 rings (SSSR count). The van der Waals surface area contributed by atoms with Crippen molar-refractivity contribution in [3.63, 3.8) is 0 Å². The van der Waals surface area contributed by atoms with E-state index in [0.29, 0.717) is 0 Å². The van der Waals surface area contributed by atoms with Crippen LogP contribution in [0.4, 0.5) is 0 Å². The molecule has 0 unspecified atom stereocenters. The van der Waals surface area contributed by atoms with Gasteiger partial charge in [0.05, 0.1) is 11.3 Å². The van der Waals surface area contributed by atoms with Crippen LogP contribution in [0.2, 0.25) is 0 Å². The average molecular weight is 188 g/mol. The summed E-state index contributed by atoms with van der Waals surface area (Å²) in [5, 5.41) is 0. The minimum atomic E-state index is -0.655. The molecule has 4 nitrogen and oxygen atoms in total. The Labute approximate surface area is 78.1 Å². The minimum Gasteiger partial charge on any atom is -0.247 e. The predicted octanol–water partition coefficient (Wildman–Crippen LogP) is 1.69. The van der Waals surface area contributed by atoms with Crippen molar-refractivity contribution in [3.05, 3.63) is 0 Å². The first kappa shape index (κ1) is 11.9. The Hall–Kier alpha value is -1.06. The number of hydrogen-bond donors (Lipinski definition) is 0. The van der Waals surface area contributed by atoms with E-state index in [-0.39, 0.29) is 5.92 Å². The van der Waals surface area contributed by atoms with Crippen molar-refractivity contribution in [1.82, 2.24) is 0 Å². The molecule has 0 heterocycles. The summed E-state index contributed by atoms with van der Waals surface area (Å²) in [6, 6.07) is 0. The lowest BCUT2D eigenvalue weighted by atomic mass is 9.98. The van der Waals surface area contributed by atoms with E-state index in [4.69, 9.17) is 0 Å². The van der Waals surface area contributed by atoms with E-state index < -0.39 is 17.4 Å². The molecule has 0 saturated heterocycles. The minimum absolute atomic E-state index is 0.298. The molecule has 4 heteroatoms. The van der Waals surface area contributed by atoms with Crippen LogP contribution >= 0.6 is 0 Å². The molecule has 76 valence electrons. The van der Waals surface area contributed by atoms with E-state index in [2.05, 4.69) is 9.78 Å². The Kier molecular flexibility index (Phi) is 3.91. The summed E-state index contributed by atoms with van der Waals surface area (Å²) in [6.07, 6.45) is 0. The molecule has 0 aromatic rings. The van der Waals surface area contributed by atoms with Gasteiger partial charge in [-0.25, -0.2) is 19.4 Å². The first-order chi connectivity index (χ1) is 5.75. The lowest BCUT2D eigenvalue weighted by molar-refractivity contribution is -0.267. The molecule has 0 amide bonds. The van der Waals surface area contributed by atoms with Crippen LogP contribution < -0.4 is 0 Å². The van der Waals surface area contributed by atoms with Crippen molar-refractivity contribution in [2.45, 2.75) is 34.6 Å². The zero-order valence-electron chi connectivity index (χ0n) is 8.71. The van der Waals surface area contributed by atoms with Gasteiger partial charge in [-0.3, -0.25) is 0 Å². The molecule has 13 heavy (non-hydrogen) atoms. The molecular weight excluding hydrogens is 172 g/mol. The molecule has 0 aliphatic rings. The fourth-order valence-electron chi connectivity index (χ4n) is 0.300. The SMILES string of the molecule is CC(C)C(=O)OOC(=O)C(C)(C)C. The summed E-state index contributed by atoms with van der Waals surface area (Å²) >= 11 is 0. The van der Waals surface area contributed by atoms with Crippen molar-refractivity contribution in [3.8, 4) is 0 Å². The fourth-order valence-corrected chi connectivity index (χ4v) is 0.300. The Bertz CT molecular complexity index is 200. The smallest absolute Gasteiger partial charge is 0.247 e.